The Bertz CT molecular complexity index is 2140. The van der Waals surface area contributed by atoms with Crippen molar-refractivity contribution in [2.24, 2.45) is 0 Å². The molecule has 0 saturated carbocycles. The third-order valence-corrected chi connectivity index (χ3v) is 14.9. The van der Waals surface area contributed by atoms with Crippen molar-refractivity contribution in [1.29, 1.82) is 0 Å². The van der Waals surface area contributed by atoms with Gasteiger partial charge in [0.05, 0.1) is 8.07 Å². The molecule has 0 bridgehead atoms. The van der Waals surface area contributed by atoms with E-state index in [4.69, 9.17) is 8.83 Å². The van der Waals surface area contributed by atoms with Crippen LogP contribution in [0, 0.1) is 41.5 Å². The first-order valence-corrected chi connectivity index (χ1v) is 20.6. The fraction of sp³-hybridized carbons (Fsp3) is 0.217. The number of aryl methyl sites for hydroxylation is 6. The number of benzene rings is 4. The Balaban J connectivity index is 1.35. The summed E-state index contributed by atoms with van der Waals surface area (Å²) in [6.07, 6.45) is 4.89. The summed E-state index contributed by atoms with van der Waals surface area (Å²) in [5, 5.41) is 0. The van der Waals surface area contributed by atoms with Crippen molar-refractivity contribution in [3.63, 3.8) is 0 Å². The molecule has 0 aliphatic heterocycles. The molecular weight excluding hydrogens is 613 g/mol. The van der Waals surface area contributed by atoms with E-state index < -0.39 is 8.07 Å². The number of furan rings is 2. The van der Waals surface area contributed by atoms with E-state index in [0.717, 1.165) is 23.0 Å². The van der Waals surface area contributed by atoms with E-state index >= 15 is 0 Å². The van der Waals surface area contributed by atoms with E-state index in [0.29, 0.717) is 0 Å². The molecule has 0 spiro atoms. The van der Waals surface area contributed by atoms with Crippen LogP contribution in [0.15, 0.2) is 106 Å². The molecule has 0 fully saturated rings. The zero-order valence-electron chi connectivity index (χ0n) is 29.9. The summed E-state index contributed by atoms with van der Waals surface area (Å²) in [5.74, 6) is 3.84. The molecule has 244 valence electrons. The molecule has 49 heavy (non-hydrogen) atoms. The fourth-order valence-corrected chi connectivity index (χ4v) is 13.4. The molecule has 4 aromatic carbocycles. The monoisotopic (exact) mass is 656 g/mol. The van der Waals surface area contributed by atoms with Gasteiger partial charge in [0, 0.05) is 22.2 Å². The smallest absolute Gasteiger partial charge is 0.130 e. The normalized spacial score (nSPS) is 16.8. The predicted octanol–water partition coefficient (Wildman–Crippen LogP) is 12.8. The molecule has 0 amide bonds. The molecule has 2 heterocycles. The lowest BCUT2D eigenvalue weighted by molar-refractivity contribution is 0.519. The topological polar surface area (TPSA) is 26.3 Å². The Hall–Kier alpha value is -4.86. The highest BCUT2D eigenvalue weighted by molar-refractivity contribution is 6.84. The van der Waals surface area contributed by atoms with Crippen molar-refractivity contribution >= 4 is 31.4 Å². The molecule has 2 atom stereocenters. The quantitative estimate of drug-likeness (QED) is 0.167. The van der Waals surface area contributed by atoms with E-state index in [9.17, 15) is 0 Å². The number of fused-ring (bicyclic) bond motifs is 2. The highest BCUT2D eigenvalue weighted by Gasteiger charge is 2.50. The number of rotatable bonds is 6. The minimum absolute atomic E-state index is 0.208. The molecule has 2 aliphatic rings. The second-order valence-electron chi connectivity index (χ2n) is 15.1. The van der Waals surface area contributed by atoms with Crippen LogP contribution in [0.1, 0.15) is 78.6 Å². The average molecular weight is 657 g/mol. The van der Waals surface area contributed by atoms with Crippen molar-refractivity contribution in [2.45, 2.75) is 65.7 Å². The van der Waals surface area contributed by atoms with Gasteiger partial charge in [0.1, 0.15) is 23.0 Å². The van der Waals surface area contributed by atoms with Gasteiger partial charge < -0.3 is 8.83 Å². The van der Waals surface area contributed by atoms with Gasteiger partial charge in [-0.25, -0.2) is 0 Å². The minimum Gasteiger partial charge on any atom is -0.462 e. The Morgan fingerprint density at radius 3 is 1.20 bits per heavy atom. The summed E-state index contributed by atoms with van der Waals surface area (Å²) in [6.45, 7) is 18.1. The van der Waals surface area contributed by atoms with E-state index in [1.54, 1.807) is 0 Å². The second-order valence-corrected chi connectivity index (χ2v) is 19.9. The zero-order chi connectivity index (χ0) is 34.2. The van der Waals surface area contributed by atoms with Gasteiger partial charge in [-0.2, -0.15) is 0 Å². The van der Waals surface area contributed by atoms with Gasteiger partial charge in [-0.3, -0.25) is 0 Å². The molecular formula is C46H44O2Si. The maximum Gasteiger partial charge on any atom is 0.130 e. The van der Waals surface area contributed by atoms with Crippen LogP contribution < -0.4 is 0 Å². The summed E-state index contributed by atoms with van der Waals surface area (Å²) < 4.78 is 12.9. The highest BCUT2D eigenvalue weighted by Crippen LogP contribution is 2.58. The molecule has 8 rings (SSSR count). The maximum atomic E-state index is 6.47. The van der Waals surface area contributed by atoms with Crippen LogP contribution in [0.2, 0.25) is 13.1 Å². The van der Waals surface area contributed by atoms with Gasteiger partial charge >= 0.3 is 0 Å². The van der Waals surface area contributed by atoms with Crippen LogP contribution in [0.25, 0.3) is 45.6 Å². The van der Waals surface area contributed by atoms with Gasteiger partial charge in [0.25, 0.3) is 0 Å². The molecule has 6 aromatic rings. The number of allylic oxidation sites excluding steroid dienone is 2. The molecule has 0 N–H and O–H groups in total. The van der Waals surface area contributed by atoms with Crippen LogP contribution in [0.4, 0.5) is 0 Å². The van der Waals surface area contributed by atoms with Gasteiger partial charge in [0.2, 0.25) is 0 Å². The van der Waals surface area contributed by atoms with Gasteiger partial charge in [-0.15, -0.1) is 0 Å². The zero-order valence-corrected chi connectivity index (χ0v) is 30.9. The maximum absolute atomic E-state index is 6.47. The summed E-state index contributed by atoms with van der Waals surface area (Å²) >= 11 is 0. The van der Waals surface area contributed by atoms with Crippen molar-refractivity contribution in [3.8, 4) is 22.3 Å². The van der Waals surface area contributed by atoms with Crippen molar-refractivity contribution in [1.82, 2.24) is 0 Å². The van der Waals surface area contributed by atoms with Crippen LogP contribution in [-0.2, 0) is 0 Å². The summed E-state index contributed by atoms with van der Waals surface area (Å²) in [7, 11) is -2.36. The molecule has 0 radical (unpaired) electrons. The Kier molecular flexibility index (Phi) is 7.46. The first-order valence-electron chi connectivity index (χ1n) is 17.5. The molecule has 0 saturated heterocycles. The average Bonchev–Trinajstić information content (AvgIpc) is 3.84. The lowest BCUT2D eigenvalue weighted by atomic mass is 9.94. The SMILES string of the molecule is Cc1cc(C)cc(-c2cccc3c2C=C(c2ccc(C)o2)C3[Si](C)(C)C2C(c3ccc(C)o3)=Cc3c(-c4cc(C)cc(C)c4)cccc32)c1. The Labute approximate surface area is 291 Å². The standard InChI is InChI=1S/C46H44O2Si/c1-27-19-28(2)22-33(21-27)35-11-9-13-37-39(35)25-41(43-17-15-31(5)47-43)45(37)49(7,8)46-38-14-10-12-36(34-23-29(3)20-30(4)24-34)40(38)26-42(46)44-18-16-32(6)48-44/h9-26,45-46H,1-8H3. The molecule has 2 aromatic heterocycles. The second kappa shape index (κ2) is 11.6. The lowest BCUT2D eigenvalue weighted by Crippen LogP contribution is -2.42. The molecule has 3 heteroatoms. The first kappa shape index (κ1) is 31.4. The summed E-state index contributed by atoms with van der Waals surface area (Å²) in [4.78, 5) is 0. The number of hydrogen-bond donors (Lipinski definition) is 0. The molecule has 2 unspecified atom stereocenters. The first-order chi connectivity index (χ1) is 23.5. The van der Waals surface area contributed by atoms with Crippen molar-refractivity contribution < 1.29 is 8.83 Å². The largest absolute Gasteiger partial charge is 0.462 e. The summed E-state index contributed by atoms with van der Waals surface area (Å²) in [6, 6.07) is 36.2. The van der Waals surface area contributed by atoms with Gasteiger partial charge in [-0.05, 0) is 122 Å². The van der Waals surface area contributed by atoms with E-state index in [-0.39, 0.29) is 11.1 Å². The number of hydrogen-bond acceptors (Lipinski definition) is 2. The van der Waals surface area contributed by atoms with E-state index in [2.05, 4.69) is 150 Å². The predicted molar refractivity (Wildman–Crippen MR) is 208 cm³/mol. The Morgan fingerprint density at radius 1 is 0.469 bits per heavy atom. The fourth-order valence-electron chi connectivity index (χ4n) is 8.94. The van der Waals surface area contributed by atoms with Gasteiger partial charge in [-0.1, -0.05) is 108 Å². The minimum atomic E-state index is -2.36. The van der Waals surface area contributed by atoms with E-state index in [1.807, 2.05) is 13.8 Å². The highest BCUT2D eigenvalue weighted by atomic mass is 28.3. The van der Waals surface area contributed by atoms with Crippen LogP contribution in [-0.4, -0.2) is 8.07 Å². The molecule has 2 nitrogen and oxygen atoms in total. The third-order valence-electron chi connectivity index (χ3n) is 10.7. The lowest BCUT2D eigenvalue weighted by Gasteiger charge is -2.39. The van der Waals surface area contributed by atoms with Crippen molar-refractivity contribution in [3.05, 3.63) is 165 Å². The van der Waals surface area contributed by atoms with Gasteiger partial charge in [0.15, 0.2) is 0 Å². The summed E-state index contributed by atoms with van der Waals surface area (Å²) in [5.41, 5.74) is 18.7. The van der Waals surface area contributed by atoms with Crippen LogP contribution in [0.5, 0.6) is 0 Å². The van der Waals surface area contributed by atoms with Crippen LogP contribution in [0.3, 0.4) is 0 Å². The Morgan fingerprint density at radius 2 is 0.857 bits per heavy atom. The third kappa shape index (κ3) is 5.32. The van der Waals surface area contributed by atoms with Crippen LogP contribution >= 0.6 is 0 Å². The van der Waals surface area contributed by atoms with Crippen molar-refractivity contribution in [2.75, 3.05) is 0 Å². The molecule has 2 aliphatic carbocycles. The van der Waals surface area contributed by atoms with E-state index in [1.165, 1.54) is 77.9 Å².